The molecule has 100 valence electrons. The molecule has 0 atom stereocenters. The van der Waals surface area contributed by atoms with Crippen LogP contribution in [0, 0.1) is 0 Å². The summed E-state index contributed by atoms with van der Waals surface area (Å²) in [4.78, 5) is 6.78. The Morgan fingerprint density at radius 1 is 1.32 bits per heavy atom. The highest BCUT2D eigenvalue weighted by atomic mass is 32.1. The van der Waals surface area contributed by atoms with E-state index in [1.807, 2.05) is 6.07 Å². The normalized spacial score (nSPS) is 14.6. The van der Waals surface area contributed by atoms with Crippen LogP contribution in [0.15, 0.2) is 24.3 Å². The van der Waals surface area contributed by atoms with Gasteiger partial charge in [0, 0.05) is 37.6 Å². The minimum Gasteiger partial charge on any atom is -0.346 e. The third-order valence-electron chi connectivity index (χ3n) is 3.45. The largest absolute Gasteiger partial charge is 0.346 e. The van der Waals surface area contributed by atoms with Crippen LogP contribution >= 0.6 is 11.5 Å². The van der Waals surface area contributed by atoms with E-state index >= 15 is 0 Å². The predicted octanol–water partition coefficient (Wildman–Crippen LogP) is 2.51. The highest BCUT2D eigenvalue weighted by molar-refractivity contribution is 7.09. The van der Waals surface area contributed by atoms with E-state index in [4.69, 9.17) is 5.73 Å². The van der Waals surface area contributed by atoms with Crippen molar-refractivity contribution in [3.63, 3.8) is 0 Å². The standard InChI is InChI=1S/C14H18N4S/c1-18(9-12-5-3-2-4-11(12)8-15)14-16-13(17-19-14)10-6-7-10/h2-5,10H,6-9,15H2,1H3. The average Bonchev–Trinajstić information content (AvgIpc) is 3.17. The molecule has 1 aromatic carbocycles. The highest BCUT2D eigenvalue weighted by Crippen LogP contribution is 2.39. The summed E-state index contributed by atoms with van der Waals surface area (Å²) in [5.74, 6) is 1.65. The molecule has 2 N–H and O–H groups in total. The van der Waals surface area contributed by atoms with Crippen LogP contribution in [-0.2, 0) is 13.1 Å². The van der Waals surface area contributed by atoms with Crippen molar-refractivity contribution >= 4 is 16.7 Å². The summed E-state index contributed by atoms with van der Waals surface area (Å²) in [6.07, 6.45) is 2.49. The smallest absolute Gasteiger partial charge is 0.205 e. The molecule has 0 spiro atoms. The van der Waals surface area contributed by atoms with Crippen LogP contribution in [0.4, 0.5) is 5.13 Å². The average molecular weight is 274 g/mol. The summed E-state index contributed by atoms with van der Waals surface area (Å²) in [6, 6.07) is 8.29. The Balaban J connectivity index is 1.74. The van der Waals surface area contributed by atoms with E-state index in [-0.39, 0.29) is 0 Å². The van der Waals surface area contributed by atoms with Crippen molar-refractivity contribution in [3.8, 4) is 0 Å². The minimum atomic E-state index is 0.577. The first-order valence-electron chi connectivity index (χ1n) is 6.59. The van der Waals surface area contributed by atoms with Crippen molar-refractivity contribution < 1.29 is 0 Å². The monoisotopic (exact) mass is 274 g/mol. The first-order chi connectivity index (χ1) is 9.28. The molecule has 0 saturated heterocycles. The Hall–Kier alpha value is -1.46. The highest BCUT2D eigenvalue weighted by Gasteiger charge is 2.28. The third kappa shape index (κ3) is 2.77. The third-order valence-corrected chi connectivity index (χ3v) is 4.29. The second-order valence-electron chi connectivity index (χ2n) is 5.04. The molecule has 0 aliphatic heterocycles. The van der Waals surface area contributed by atoms with E-state index in [0.717, 1.165) is 17.5 Å². The molecule has 4 nitrogen and oxygen atoms in total. The quantitative estimate of drug-likeness (QED) is 0.910. The molecule has 0 amide bonds. The summed E-state index contributed by atoms with van der Waals surface area (Å²) >= 11 is 1.49. The summed E-state index contributed by atoms with van der Waals surface area (Å²) < 4.78 is 4.45. The minimum absolute atomic E-state index is 0.577. The number of hydrogen-bond donors (Lipinski definition) is 1. The molecule has 5 heteroatoms. The zero-order valence-electron chi connectivity index (χ0n) is 11.0. The van der Waals surface area contributed by atoms with Crippen molar-refractivity contribution in [2.24, 2.45) is 5.73 Å². The van der Waals surface area contributed by atoms with Gasteiger partial charge in [0.2, 0.25) is 5.13 Å². The lowest BCUT2D eigenvalue weighted by Gasteiger charge is -2.17. The number of benzene rings is 1. The van der Waals surface area contributed by atoms with Crippen LogP contribution in [0.25, 0.3) is 0 Å². The van der Waals surface area contributed by atoms with Gasteiger partial charge in [-0.05, 0) is 24.0 Å². The Morgan fingerprint density at radius 3 is 2.74 bits per heavy atom. The maximum absolute atomic E-state index is 5.77. The van der Waals surface area contributed by atoms with E-state index in [0.29, 0.717) is 12.5 Å². The molecule has 1 heterocycles. The van der Waals surface area contributed by atoms with Gasteiger partial charge in [-0.1, -0.05) is 24.3 Å². The van der Waals surface area contributed by atoms with Crippen molar-refractivity contribution in [1.82, 2.24) is 9.36 Å². The fourth-order valence-electron chi connectivity index (χ4n) is 2.12. The van der Waals surface area contributed by atoms with Crippen molar-refractivity contribution in [1.29, 1.82) is 0 Å². The van der Waals surface area contributed by atoms with Crippen LogP contribution in [0.3, 0.4) is 0 Å². The Morgan fingerprint density at radius 2 is 2.05 bits per heavy atom. The lowest BCUT2D eigenvalue weighted by atomic mass is 10.1. The number of rotatable bonds is 5. The Kier molecular flexibility index (Phi) is 3.48. The molecule has 2 aromatic rings. The number of nitrogens with zero attached hydrogens (tertiary/aromatic N) is 3. The molecule has 0 bridgehead atoms. The molecule has 1 aliphatic carbocycles. The van der Waals surface area contributed by atoms with Gasteiger partial charge in [0.15, 0.2) is 0 Å². The van der Waals surface area contributed by atoms with Gasteiger partial charge in [-0.25, -0.2) is 4.98 Å². The lowest BCUT2D eigenvalue weighted by Crippen LogP contribution is -2.18. The van der Waals surface area contributed by atoms with Crippen LogP contribution in [0.2, 0.25) is 0 Å². The predicted molar refractivity (Wildman–Crippen MR) is 78.3 cm³/mol. The SMILES string of the molecule is CN(Cc1ccccc1CN)c1nc(C2CC2)ns1. The molecule has 1 aromatic heterocycles. The van der Waals surface area contributed by atoms with Crippen LogP contribution in [0.5, 0.6) is 0 Å². The van der Waals surface area contributed by atoms with Gasteiger partial charge >= 0.3 is 0 Å². The number of anilines is 1. The molecular weight excluding hydrogens is 256 g/mol. The summed E-state index contributed by atoms with van der Waals surface area (Å²) in [7, 11) is 2.06. The van der Waals surface area contributed by atoms with E-state index in [9.17, 15) is 0 Å². The van der Waals surface area contributed by atoms with Crippen LogP contribution in [0.1, 0.15) is 35.7 Å². The van der Waals surface area contributed by atoms with Gasteiger partial charge in [0.1, 0.15) is 5.82 Å². The van der Waals surface area contributed by atoms with Gasteiger partial charge in [0.25, 0.3) is 0 Å². The van der Waals surface area contributed by atoms with Crippen molar-refractivity contribution in [3.05, 3.63) is 41.2 Å². The van der Waals surface area contributed by atoms with Gasteiger partial charge in [-0.2, -0.15) is 4.37 Å². The van der Waals surface area contributed by atoms with Gasteiger partial charge in [-0.3, -0.25) is 0 Å². The lowest BCUT2D eigenvalue weighted by molar-refractivity contribution is 0.877. The summed E-state index contributed by atoms with van der Waals surface area (Å²) in [5.41, 5.74) is 8.23. The van der Waals surface area contributed by atoms with Crippen molar-refractivity contribution in [2.45, 2.75) is 31.8 Å². The molecule has 3 rings (SSSR count). The number of hydrogen-bond acceptors (Lipinski definition) is 5. The van der Waals surface area contributed by atoms with Gasteiger partial charge in [0.05, 0.1) is 0 Å². The first-order valence-corrected chi connectivity index (χ1v) is 7.37. The molecule has 1 saturated carbocycles. The van der Waals surface area contributed by atoms with E-state index in [1.165, 1.54) is 35.5 Å². The molecule has 0 unspecified atom stereocenters. The second kappa shape index (κ2) is 5.27. The van der Waals surface area contributed by atoms with E-state index < -0.39 is 0 Å². The summed E-state index contributed by atoms with van der Waals surface area (Å²) in [5, 5.41) is 0.994. The molecule has 1 fully saturated rings. The first kappa shape index (κ1) is 12.6. The maximum Gasteiger partial charge on any atom is 0.205 e. The van der Waals surface area contributed by atoms with Gasteiger partial charge in [-0.15, -0.1) is 0 Å². The molecular formula is C14H18N4S. The van der Waals surface area contributed by atoms with E-state index in [1.54, 1.807) is 0 Å². The topological polar surface area (TPSA) is 55.0 Å². The van der Waals surface area contributed by atoms with Crippen LogP contribution < -0.4 is 10.6 Å². The zero-order chi connectivity index (χ0) is 13.2. The zero-order valence-corrected chi connectivity index (χ0v) is 11.9. The number of aromatic nitrogens is 2. The van der Waals surface area contributed by atoms with Gasteiger partial charge < -0.3 is 10.6 Å². The number of nitrogens with two attached hydrogens (primary N) is 1. The maximum atomic E-state index is 5.77. The Bertz CT molecular complexity index is 562. The fourth-order valence-corrected chi connectivity index (χ4v) is 2.83. The second-order valence-corrected chi connectivity index (χ2v) is 5.77. The van der Waals surface area contributed by atoms with Crippen LogP contribution in [-0.4, -0.2) is 16.4 Å². The Labute approximate surface area is 117 Å². The van der Waals surface area contributed by atoms with E-state index in [2.05, 4.69) is 39.5 Å². The van der Waals surface area contributed by atoms with Crippen molar-refractivity contribution in [2.75, 3.05) is 11.9 Å². The molecule has 0 radical (unpaired) electrons. The fraction of sp³-hybridized carbons (Fsp3) is 0.429. The molecule has 19 heavy (non-hydrogen) atoms. The summed E-state index contributed by atoms with van der Waals surface area (Å²) in [6.45, 7) is 1.40. The molecule has 1 aliphatic rings.